The predicted octanol–water partition coefficient (Wildman–Crippen LogP) is 3.44. The fourth-order valence-corrected chi connectivity index (χ4v) is 4.14. The average molecular weight is 345 g/mol. The van der Waals surface area contributed by atoms with Crippen LogP contribution in [0.25, 0.3) is 0 Å². The molecule has 0 aliphatic heterocycles. The largest absolute Gasteiger partial charge is 0.351 e. The molecule has 3 nitrogen and oxygen atoms in total. The molecule has 5 heteroatoms. The number of amides is 1. The van der Waals surface area contributed by atoms with Gasteiger partial charge in [-0.05, 0) is 41.9 Å². The molecule has 1 heterocycles. The first-order valence-corrected chi connectivity index (χ1v) is 8.49. The third kappa shape index (κ3) is 4.29. The van der Waals surface area contributed by atoms with Gasteiger partial charge in [0.2, 0.25) is 5.91 Å². The number of halogens is 1. The summed E-state index contributed by atoms with van der Waals surface area (Å²) in [6.07, 6.45) is 6.57. The monoisotopic (exact) mass is 344 g/mol. The number of nitrogens with one attached hydrogen (secondary N) is 2. The van der Waals surface area contributed by atoms with Gasteiger partial charge >= 0.3 is 0 Å². The van der Waals surface area contributed by atoms with E-state index in [1.54, 1.807) is 11.3 Å². The Balaban J connectivity index is 1.82. The van der Waals surface area contributed by atoms with Gasteiger partial charge in [0.25, 0.3) is 0 Å². The van der Waals surface area contributed by atoms with Crippen LogP contribution >= 0.6 is 27.3 Å². The summed E-state index contributed by atoms with van der Waals surface area (Å²) in [5.74, 6) is 0.153. The lowest BCUT2D eigenvalue weighted by Crippen LogP contribution is -2.48. The van der Waals surface area contributed by atoms with Crippen molar-refractivity contribution in [3.05, 3.63) is 20.8 Å². The molecule has 19 heavy (non-hydrogen) atoms. The van der Waals surface area contributed by atoms with E-state index in [1.165, 1.54) is 24.1 Å². The summed E-state index contributed by atoms with van der Waals surface area (Å²) in [6, 6.07) is 2.05. The SMILES string of the molecule is CNC1(CC(=O)NCc2cc(Br)cs2)CCCCC1. The van der Waals surface area contributed by atoms with Crippen LogP contribution < -0.4 is 10.6 Å². The molecule has 1 saturated carbocycles. The van der Waals surface area contributed by atoms with Crippen molar-refractivity contribution < 1.29 is 4.79 Å². The van der Waals surface area contributed by atoms with Crippen LogP contribution in [0, 0.1) is 0 Å². The Kier molecular flexibility index (Phi) is 5.42. The quantitative estimate of drug-likeness (QED) is 0.858. The molecule has 0 saturated heterocycles. The van der Waals surface area contributed by atoms with Gasteiger partial charge in [-0.15, -0.1) is 11.3 Å². The van der Waals surface area contributed by atoms with Crippen LogP contribution in [0.15, 0.2) is 15.9 Å². The summed E-state index contributed by atoms with van der Waals surface area (Å²) in [5.41, 5.74) is 0.0262. The molecular formula is C14H21BrN2OS. The Morgan fingerprint density at radius 3 is 2.74 bits per heavy atom. The maximum absolute atomic E-state index is 12.1. The van der Waals surface area contributed by atoms with Crippen molar-refractivity contribution in [3.8, 4) is 0 Å². The van der Waals surface area contributed by atoms with Crippen LogP contribution in [-0.2, 0) is 11.3 Å². The lowest BCUT2D eigenvalue weighted by atomic mass is 9.79. The smallest absolute Gasteiger partial charge is 0.222 e. The van der Waals surface area contributed by atoms with E-state index in [2.05, 4.69) is 32.6 Å². The number of rotatable bonds is 5. The zero-order valence-electron chi connectivity index (χ0n) is 11.3. The fourth-order valence-electron chi connectivity index (χ4n) is 2.75. The zero-order chi connectivity index (χ0) is 13.7. The van der Waals surface area contributed by atoms with E-state index in [4.69, 9.17) is 0 Å². The minimum atomic E-state index is 0.0262. The maximum Gasteiger partial charge on any atom is 0.222 e. The van der Waals surface area contributed by atoms with Crippen LogP contribution in [0.3, 0.4) is 0 Å². The van der Waals surface area contributed by atoms with Crippen LogP contribution in [0.4, 0.5) is 0 Å². The van der Waals surface area contributed by atoms with Gasteiger partial charge in [-0.2, -0.15) is 0 Å². The lowest BCUT2D eigenvalue weighted by Gasteiger charge is -2.36. The molecule has 1 amide bonds. The lowest BCUT2D eigenvalue weighted by molar-refractivity contribution is -0.123. The zero-order valence-corrected chi connectivity index (χ0v) is 13.7. The van der Waals surface area contributed by atoms with Crippen molar-refractivity contribution in [2.45, 2.75) is 50.6 Å². The molecule has 0 atom stereocenters. The molecule has 1 aromatic rings. The first-order valence-electron chi connectivity index (χ1n) is 6.82. The van der Waals surface area contributed by atoms with Crippen molar-refractivity contribution in [1.82, 2.24) is 10.6 Å². The molecule has 106 valence electrons. The van der Waals surface area contributed by atoms with Gasteiger partial charge in [0, 0.05) is 26.7 Å². The van der Waals surface area contributed by atoms with E-state index in [0.717, 1.165) is 17.3 Å². The fraction of sp³-hybridized carbons (Fsp3) is 0.643. The normalized spacial score (nSPS) is 18.2. The summed E-state index contributed by atoms with van der Waals surface area (Å²) in [6.45, 7) is 0.634. The standard InChI is InChI=1S/C14H21BrN2OS/c1-16-14(5-3-2-4-6-14)8-13(18)17-9-12-7-11(15)10-19-12/h7,10,16H,2-6,8-9H2,1H3,(H,17,18). The summed E-state index contributed by atoms with van der Waals surface area (Å²) < 4.78 is 1.08. The van der Waals surface area contributed by atoms with E-state index in [0.29, 0.717) is 13.0 Å². The van der Waals surface area contributed by atoms with E-state index < -0.39 is 0 Å². The minimum absolute atomic E-state index is 0.0262. The maximum atomic E-state index is 12.1. The summed E-state index contributed by atoms with van der Waals surface area (Å²) >= 11 is 5.09. The molecule has 1 aromatic heterocycles. The van der Waals surface area contributed by atoms with Gasteiger partial charge in [-0.3, -0.25) is 4.79 Å². The van der Waals surface area contributed by atoms with Crippen molar-refractivity contribution >= 4 is 33.2 Å². The first kappa shape index (κ1) is 15.0. The van der Waals surface area contributed by atoms with Gasteiger partial charge < -0.3 is 10.6 Å². The van der Waals surface area contributed by atoms with E-state index in [1.807, 2.05) is 12.4 Å². The number of carbonyl (C=O) groups is 1. The molecule has 0 aromatic carbocycles. The van der Waals surface area contributed by atoms with Crippen molar-refractivity contribution in [2.75, 3.05) is 7.05 Å². The Labute approximate surface area is 127 Å². The van der Waals surface area contributed by atoms with Crippen LogP contribution in [-0.4, -0.2) is 18.5 Å². The first-order chi connectivity index (χ1) is 9.13. The third-order valence-electron chi connectivity index (χ3n) is 3.92. The second kappa shape index (κ2) is 6.86. The molecule has 0 spiro atoms. The third-order valence-corrected chi connectivity index (χ3v) is 5.62. The van der Waals surface area contributed by atoms with Crippen molar-refractivity contribution in [2.24, 2.45) is 0 Å². The molecule has 1 fully saturated rings. The van der Waals surface area contributed by atoms with Crippen molar-refractivity contribution in [3.63, 3.8) is 0 Å². The van der Waals surface area contributed by atoms with Crippen LogP contribution in [0.1, 0.15) is 43.4 Å². The Bertz CT molecular complexity index is 427. The molecule has 0 radical (unpaired) electrons. The van der Waals surface area contributed by atoms with Gasteiger partial charge in [-0.25, -0.2) is 0 Å². The molecule has 2 N–H and O–H groups in total. The van der Waals surface area contributed by atoms with Gasteiger partial charge in [0.15, 0.2) is 0 Å². The number of hydrogen-bond acceptors (Lipinski definition) is 3. The highest BCUT2D eigenvalue weighted by Crippen LogP contribution is 2.30. The van der Waals surface area contributed by atoms with Crippen LogP contribution in [0.2, 0.25) is 0 Å². The average Bonchev–Trinajstić information content (AvgIpc) is 2.83. The van der Waals surface area contributed by atoms with Gasteiger partial charge in [0.05, 0.1) is 6.54 Å². The van der Waals surface area contributed by atoms with E-state index in [9.17, 15) is 4.79 Å². The highest BCUT2D eigenvalue weighted by atomic mass is 79.9. The predicted molar refractivity (Wildman–Crippen MR) is 83.4 cm³/mol. The molecule has 1 aliphatic rings. The minimum Gasteiger partial charge on any atom is -0.351 e. The molecule has 1 aliphatic carbocycles. The molecular weight excluding hydrogens is 324 g/mol. The summed E-state index contributed by atoms with van der Waals surface area (Å²) in [5, 5.41) is 8.45. The topological polar surface area (TPSA) is 41.1 Å². The number of carbonyl (C=O) groups excluding carboxylic acids is 1. The van der Waals surface area contributed by atoms with Crippen molar-refractivity contribution in [1.29, 1.82) is 0 Å². The molecule has 2 rings (SSSR count). The number of thiophene rings is 1. The van der Waals surface area contributed by atoms with E-state index in [-0.39, 0.29) is 11.4 Å². The van der Waals surface area contributed by atoms with E-state index >= 15 is 0 Å². The van der Waals surface area contributed by atoms with Gasteiger partial charge in [0.1, 0.15) is 0 Å². The summed E-state index contributed by atoms with van der Waals surface area (Å²) in [7, 11) is 1.98. The Morgan fingerprint density at radius 2 is 2.16 bits per heavy atom. The van der Waals surface area contributed by atoms with Gasteiger partial charge in [-0.1, -0.05) is 19.3 Å². The second-order valence-electron chi connectivity index (χ2n) is 5.28. The Morgan fingerprint density at radius 1 is 1.42 bits per heavy atom. The second-order valence-corrected chi connectivity index (χ2v) is 7.19. The highest BCUT2D eigenvalue weighted by molar-refractivity contribution is 9.10. The molecule has 0 unspecified atom stereocenters. The number of hydrogen-bond donors (Lipinski definition) is 2. The highest BCUT2D eigenvalue weighted by Gasteiger charge is 2.32. The molecule has 0 bridgehead atoms. The summed E-state index contributed by atoms with van der Waals surface area (Å²) in [4.78, 5) is 13.3. The Hall–Kier alpha value is -0.390. The van der Waals surface area contributed by atoms with Crippen LogP contribution in [0.5, 0.6) is 0 Å².